The minimum absolute atomic E-state index is 0.00637. The fourth-order valence-electron chi connectivity index (χ4n) is 2.44. The van der Waals surface area contributed by atoms with Gasteiger partial charge in [0.05, 0.1) is 6.04 Å². The van der Waals surface area contributed by atoms with Gasteiger partial charge in [0.25, 0.3) is 0 Å². The van der Waals surface area contributed by atoms with Crippen molar-refractivity contribution in [2.24, 2.45) is 0 Å². The van der Waals surface area contributed by atoms with E-state index in [1.807, 2.05) is 62.4 Å². The van der Waals surface area contributed by atoms with Gasteiger partial charge in [-0.15, -0.1) is 0 Å². The van der Waals surface area contributed by atoms with Gasteiger partial charge in [0.2, 0.25) is 11.8 Å². The molecule has 2 aromatic rings. The minimum atomic E-state index is -0.192. The minimum Gasteiger partial charge on any atom is -0.348 e. The van der Waals surface area contributed by atoms with Crippen LogP contribution < -0.4 is 10.2 Å². The molecule has 24 heavy (non-hydrogen) atoms. The van der Waals surface area contributed by atoms with E-state index in [9.17, 15) is 9.59 Å². The monoisotopic (exact) mass is 388 g/mol. The van der Waals surface area contributed by atoms with Gasteiger partial charge < -0.3 is 10.2 Å². The summed E-state index contributed by atoms with van der Waals surface area (Å²) in [7, 11) is 0. The number of hydrogen-bond acceptors (Lipinski definition) is 2. The lowest BCUT2D eigenvalue weighted by atomic mass is 10.1. The van der Waals surface area contributed by atoms with E-state index in [1.54, 1.807) is 0 Å². The van der Waals surface area contributed by atoms with Crippen molar-refractivity contribution in [3.63, 3.8) is 0 Å². The molecule has 1 atom stereocenters. The molecule has 2 rings (SSSR count). The Labute approximate surface area is 151 Å². The van der Waals surface area contributed by atoms with Crippen molar-refractivity contribution in [1.82, 2.24) is 5.32 Å². The van der Waals surface area contributed by atoms with Gasteiger partial charge in [-0.1, -0.05) is 46.3 Å². The zero-order valence-electron chi connectivity index (χ0n) is 14.0. The first-order chi connectivity index (χ1) is 11.4. The quantitative estimate of drug-likeness (QED) is 0.841. The Morgan fingerprint density at radius 2 is 1.83 bits per heavy atom. The summed E-state index contributed by atoms with van der Waals surface area (Å²) in [6.45, 7) is 5.33. The largest absolute Gasteiger partial charge is 0.348 e. The molecule has 0 fully saturated rings. The van der Waals surface area contributed by atoms with Crippen molar-refractivity contribution >= 4 is 33.4 Å². The summed E-state index contributed by atoms with van der Waals surface area (Å²) in [5.41, 5.74) is 2.75. The van der Waals surface area contributed by atoms with Gasteiger partial charge in [-0.25, -0.2) is 0 Å². The van der Waals surface area contributed by atoms with Crippen LogP contribution in [-0.2, 0) is 9.59 Å². The van der Waals surface area contributed by atoms with Gasteiger partial charge in [0.1, 0.15) is 6.54 Å². The van der Waals surface area contributed by atoms with Crippen LogP contribution >= 0.6 is 15.9 Å². The smallest absolute Gasteiger partial charge is 0.240 e. The van der Waals surface area contributed by atoms with E-state index >= 15 is 0 Å². The third-order valence-electron chi connectivity index (χ3n) is 3.81. The molecule has 126 valence electrons. The molecular weight excluding hydrogens is 368 g/mol. The van der Waals surface area contributed by atoms with Crippen LogP contribution in [0, 0.1) is 6.92 Å². The van der Waals surface area contributed by atoms with Gasteiger partial charge in [0, 0.05) is 17.1 Å². The molecule has 2 aromatic carbocycles. The molecule has 1 unspecified atom stereocenters. The highest BCUT2D eigenvalue weighted by Crippen LogP contribution is 2.23. The number of amides is 2. The molecule has 0 aliphatic carbocycles. The van der Waals surface area contributed by atoms with Crippen molar-refractivity contribution in [2.45, 2.75) is 26.8 Å². The molecule has 0 spiro atoms. The lowest BCUT2D eigenvalue weighted by molar-refractivity contribution is -0.123. The van der Waals surface area contributed by atoms with Crippen molar-refractivity contribution in [2.75, 3.05) is 11.4 Å². The van der Waals surface area contributed by atoms with E-state index in [2.05, 4.69) is 21.2 Å². The average Bonchev–Trinajstić information content (AvgIpc) is 2.56. The summed E-state index contributed by atoms with van der Waals surface area (Å²) in [6.07, 6.45) is 0. The van der Waals surface area contributed by atoms with E-state index < -0.39 is 0 Å². The van der Waals surface area contributed by atoms with Gasteiger partial charge in [-0.3, -0.25) is 9.59 Å². The summed E-state index contributed by atoms with van der Waals surface area (Å²) in [4.78, 5) is 25.8. The molecule has 0 heterocycles. The van der Waals surface area contributed by atoms with Crippen molar-refractivity contribution in [1.29, 1.82) is 0 Å². The fourth-order valence-corrected chi connectivity index (χ4v) is 2.68. The third-order valence-corrected chi connectivity index (χ3v) is 4.70. The van der Waals surface area contributed by atoms with Crippen molar-refractivity contribution < 1.29 is 9.59 Å². The van der Waals surface area contributed by atoms with E-state index in [4.69, 9.17) is 0 Å². The van der Waals surface area contributed by atoms with Crippen LogP contribution in [0.4, 0.5) is 5.69 Å². The maximum Gasteiger partial charge on any atom is 0.240 e. The summed E-state index contributed by atoms with van der Waals surface area (Å²) in [6, 6.07) is 15.2. The third kappa shape index (κ3) is 4.68. The molecule has 1 N–H and O–H groups in total. The Kier molecular flexibility index (Phi) is 6.15. The van der Waals surface area contributed by atoms with Gasteiger partial charge in [-0.05, 0) is 43.2 Å². The van der Waals surface area contributed by atoms with Gasteiger partial charge in [-0.2, -0.15) is 0 Å². The Bertz CT molecular complexity index is 731. The zero-order chi connectivity index (χ0) is 17.7. The Morgan fingerprint density at radius 3 is 2.42 bits per heavy atom. The number of nitrogens with one attached hydrogen (secondary N) is 1. The number of rotatable bonds is 5. The number of anilines is 1. The van der Waals surface area contributed by atoms with E-state index in [0.717, 1.165) is 15.6 Å². The Morgan fingerprint density at radius 1 is 1.17 bits per heavy atom. The van der Waals surface area contributed by atoms with Gasteiger partial charge >= 0.3 is 0 Å². The number of aryl methyl sites for hydroxylation is 1. The molecule has 0 bridgehead atoms. The SMILES string of the molecule is CC(=O)N(CC(=O)NC(C)c1ccccc1)c1ccc(Br)c(C)c1. The van der Waals surface area contributed by atoms with Crippen LogP contribution in [0.5, 0.6) is 0 Å². The first kappa shape index (κ1) is 18.2. The summed E-state index contributed by atoms with van der Waals surface area (Å²) < 4.78 is 0.969. The fraction of sp³-hybridized carbons (Fsp3) is 0.263. The first-order valence-corrected chi connectivity index (χ1v) is 8.56. The van der Waals surface area contributed by atoms with Crippen molar-refractivity contribution in [3.8, 4) is 0 Å². The molecule has 0 aromatic heterocycles. The highest BCUT2D eigenvalue weighted by molar-refractivity contribution is 9.10. The number of hydrogen-bond donors (Lipinski definition) is 1. The number of nitrogens with zero attached hydrogens (tertiary/aromatic N) is 1. The maximum absolute atomic E-state index is 12.4. The second kappa shape index (κ2) is 8.11. The van der Waals surface area contributed by atoms with Crippen LogP contribution in [0.15, 0.2) is 53.0 Å². The Balaban J connectivity index is 2.08. The highest BCUT2D eigenvalue weighted by Gasteiger charge is 2.18. The lowest BCUT2D eigenvalue weighted by Gasteiger charge is -2.23. The number of benzene rings is 2. The molecular formula is C19H21BrN2O2. The van der Waals surface area contributed by atoms with Crippen LogP contribution in [0.25, 0.3) is 0 Å². The second-order valence-corrected chi connectivity index (χ2v) is 6.59. The standard InChI is InChI=1S/C19H21BrN2O2/c1-13-11-17(9-10-18(13)20)22(15(3)23)12-19(24)21-14(2)16-7-5-4-6-8-16/h4-11,14H,12H2,1-3H3,(H,21,24). The van der Waals surface area contributed by atoms with E-state index in [0.29, 0.717) is 5.69 Å². The molecule has 2 amide bonds. The predicted octanol–water partition coefficient (Wildman–Crippen LogP) is 3.99. The molecule has 0 radical (unpaired) electrons. The molecule has 4 nitrogen and oxygen atoms in total. The predicted molar refractivity (Wildman–Crippen MR) is 99.9 cm³/mol. The number of carbonyl (C=O) groups is 2. The summed E-state index contributed by atoms with van der Waals surface area (Å²) in [5, 5.41) is 2.94. The lowest BCUT2D eigenvalue weighted by Crippen LogP contribution is -2.40. The van der Waals surface area contributed by atoms with Crippen LogP contribution in [0.2, 0.25) is 0 Å². The molecule has 0 aliphatic rings. The average molecular weight is 389 g/mol. The summed E-state index contributed by atoms with van der Waals surface area (Å²) in [5.74, 6) is -0.360. The second-order valence-electron chi connectivity index (χ2n) is 5.74. The van der Waals surface area contributed by atoms with E-state index in [1.165, 1.54) is 11.8 Å². The molecule has 0 aliphatic heterocycles. The van der Waals surface area contributed by atoms with Crippen LogP contribution in [0.3, 0.4) is 0 Å². The number of carbonyl (C=O) groups excluding carboxylic acids is 2. The molecule has 0 saturated carbocycles. The topological polar surface area (TPSA) is 49.4 Å². The number of halogens is 1. The zero-order valence-corrected chi connectivity index (χ0v) is 15.6. The van der Waals surface area contributed by atoms with Crippen LogP contribution in [0.1, 0.15) is 31.0 Å². The van der Waals surface area contributed by atoms with Crippen molar-refractivity contribution in [3.05, 3.63) is 64.1 Å². The first-order valence-electron chi connectivity index (χ1n) is 7.77. The van der Waals surface area contributed by atoms with Gasteiger partial charge in [0.15, 0.2) is 0 Å². The molecule has 0 saturated heterocycles. The summed E-state index contributed by atoms with van der Waals surface area (Å²) >= 11 is 3.44. The van der Waals surface area contributed by atoms with Crippen LogP contribution in [-0.4, -0.2) is 18.4 Å². The van der Waals surface area contributed by atoms with E-state index in [-0.39, 0.29) is 24.4 Å². The maximum atomic E-state index is 12.4. The molecule has 5 heteroatoms. The highest BCUT2D eigenvalue weighted by atomic mass is 79.9. The Hall–Kier alpha value is -2.14. The normalized spacial score (nSPS) is 11.7.